The predicted molar refractivity (Wildman–Crippen MR) is 110 cm³/mol. The summed E-state index contributed by atoms with van der Waals surface area (Å²) in [6, 6.07) is 11.2. The van der Waals surface area contributed by atoms with E-state index in [0.29, 0.717) is 34.7 Å². The van der Waals surface area contributed by atoms with Gasteiger partial charge < -0.3 is 25.2 Å². The molecule has 0 heterocycles. The molecule has 5 nitrogen and oxygen atoms in total. The third-order valence-corrected chi connectivity index (χ3v) is 4.46. The number of nitrogens with one attached hydrogen (secondary N) is 2. The molecule has 1 atom stereocenters. The molecule has 0 aliphatic rings. The number of benzene rings is 2. The van der Waals surface area contributed by atoms with Crippen LogP contribution in [-0.4, -0.2) is 38.0 Å². The number of ether oxygens (including phenoxy) is 2. The molecular formula is C20H26Cl2N2O3. The van der Waals surface area contributed by atoms with Crippen LogP contribution >= 0.6 is 23.2 Å². The van der Waals surface area contributed by atoms with Gasteiger partial charge in [-0.15, -0.1) is 0 Å². The third kappa shape index (κ3) is 7.56. The van der Waals surface area contributed by atoms with Crippen molar-refractivity contribution in [2.75, 3.05) is 26.7 Å². The van der Waals surface area contributed by atoms with Crippen LogP contribution < -0.4 is 20.1 Å². The fourth-order valence-corrected chi connectivity index (χ4v) is 2.92. The molecule has 27 heavy (non-hydrogen) atoms. The average molecular weight is 413 g/mol. The van der Waals surface area contributed by atoms with Gasteiger partial charge >= 0.3 is 0 Å². The Morgan fingerprint density at radius 3 is 2.52 bits per heavy atom. The minimum atomic E-state index is -0.329. The van der Waals surface area contributed by atoms with E-state index < -0.39 is 0 Å². The summed E-state index contributed by atoms with van der Waals surface area (Å²) in [6.45, 7) is 5.01. The normalized spacial score (nSPS) is 12.0. The summed E-state index contributed by atoms with van der Waals surface area (Å²) in [5, 5.41) is 16.9. The molecule has 3 N–H and O–H groups in total. The standard InChI is InChI=1S/C20H26Cl2N2O3/c1-14(25)11-23-7-8-24-12-15-3-6-19(20(9-15)26-2)27-13-16-4-5-17(21)10-18(16)22/h3-6,9-10,14,23-25H,7-8,11-13H2,1-2H3/t14-/m1/s1. The highest BCUT2D eigenvalue weighted by molar-refractivity contribution is 6.35. The number of aliphatic hydroxyl groups is 1. The van der Waals surface area contributed by atoms with E-state index in [2.05, 4.69) is 10.6 Å². The largest absolute Gasteiger partial charge is 0.493 e. The molecule has 0 aliphatic heterocycles. The molecule has 0 aromatic heterocycles. The summed E-state index contributed by atoms with van der Waals surface area (Å²) in [4.78, 5) is 0. The highest BCUT2D eigenvalue weighted by atomic mass is 35.5. The maximum atomic E-state index is 9.19. The zero-order valence-electron chi connectivity index (χ0n) is 15.6. The van der Waals surface area contributed by atoms with Crippen LogP contribution in [0.3, 0.4) is 0 Å². The van der Waals surface area contributed by atoms with E-state index >= 15 is 0 Å². The van der Waals surface area contributed by atoms with Gasteiger partial charge in [0.05, 0.1) is 13.2 Å². The molecule has 0 fully saturated rings. The molecular weight excluding hydrogens is 387 g/mol. The van der Waals surface area contributed by atoms with Crippen LogP contribution in [-0.2, 0) is 13.2 Å². The van der Waals surface area contributed by atoms with Crippen LogP contribution in [0.5, 0.6) is 11.5 Å². The van der Waals surface area contributed by atoms with E-state index in [1.807, 2.05) is 24.3 Å². The Morgan fingerprint density at radius 1 is 1.04 bits per heavy atom. The molecule has 0 aliphatic carbocycles. The zero-order chi connectivity index (χ0) is 19.6. The molecule has 2 aromatic carbocycles. The van der Waals surface area contributed by atoms with Crippen LogP contribution in [0.1, 0.15) is 18.1 Å². The average Bonchev–Trinajstić information content (AvgIpc) is 2.64. The van der Waals surface area contributed by atoms with Crippen LogP contribution in [0.2, 0.25) is 10.0 Å². The van der Waals surface area contributed by atoms with Gasteiger partial charge in [0.25, 0.3) is 0 Å². The first kappa shape index (κ1) is 21.8. The summed E-state index contributed by atoms with van der Waals surface area (Å²) < 4.78 is 11.3. The molecule has 0 amide bonds. The smallest absolute Gasteiger partial charge is 0.161 e. The predicted octanol–water partition coefficient (Wildman–Crippen LogP) is 3.64. The number of aliphatic hydroxyl groups excluding tert-OH is 1. The summed E-state index contributed by atoms with van der Waals surface area (Å²) in [6.07, 6.45) is -0.329. The molecule has 0 radical (unpaired) electrons. The SMILES string of the molecule is COc1cc(CNCCNC[C@@H](C)O)ccc1OCc1ccc(Cl)cc1Cl. The first-order valence-corrected chi connectivity index (χ1v) is 9.58. The van der Waals surface area contributed by atoms with Crippen LogP contribution in [0.15, 0.2) is 36.4 Å². The van der Waals surface area contributed by atoms with Gasteiger partial charge in [-0.25, -0.2) is 0 Å². The van der Waals surface area contributed by atoms with Crippen molar-refractivity contribution in [1.29, 1.82) is 0 Å². The summed E-state index contributed by atoms with van der Waals surface area (Å²) >= 11 is 12.1. The van der Waals surface area contributed by atoms with Crippen LogP contribution in [0, 0.1) is 0 Å². The number of halogens is 2. The first-order valence-electron chi connectivity index (χ1n) is 8.82. The lowest BCUT2D eigenvalue weighted by Gasteiger charge is -2.13. The Bertz CT molecular complexity index is 726. The number of hydrogen-bond acceptors (Lipinski definition) is 5. The quantitative estimate of drug-likeness (QED) is 0.491. The van der Waals surface area contributed by atoms with Gasteiger partial charge in [-0.3, -0.25) is 0 Å². The minimum absolute atomic E-state index is 0.329. The minimum Gasteiger partial charge on any atom is -0.493 e. The Hall–Kier alpha value is -1.50. The summed E-state index contributed by atoms with van der Waals surface area (Å²) in [5.74, 6) is 1.33. The number of rotatable bonds is 11. The van der Waals surface area contributed by atoms with Crippen LogP contribution in [0.4, 0.5) is 0 Å². The van der Waals surface area contributed by atoms with Gasteiger partial charge in [-0.2, -0.15) is 0 Å². The Kier molecular flexibility index (Phi) is 9.18. The fraction of sp³-hybridized carbons (Fsp3) is 0.400. The highest BCUT2D eigenvalue weighted by Gasteiger charge is 2.08. The lowest BCUT2D eigenvalue weighted by atomic mass is 10.2. The molecule has 148 valence electrons. The van der Waals surface area contributed by atoms with E-state index in [0.717, 1.165) is 30.8 Å². The lowest BCUT2D eigenvalue weighted by Crippen LogP contribution is -2.31. The molecule has 0 unspecified atom stereocenters. The van der Waals surface area contributed by atoms with Crippen LogP contribution in [0.25, 0.3) is 0 Å². The fourth-order valence-electron chi connectivity index (χ4n) is 2.46. The van der Waals surface area contributed by atoms with Crippen molar-refractivity contribution in [2.45, 2.75) is 26.2 Å². The number of hydrogen-bond donors (Lipinski definition) is 3. The second-order valence-electron chi connectivity index (χ2n) is 6.24. The first-order chi connectivity index (χ1) is 13.0. The van der Waals surface area contributed by atoms with Gasteiger partial charge in [0.2, 0.25) is 0 Å². The van der Waals surface area contributed by atoms with Gasteiger partial charge in [0.1, 0.15) is 6.61 Å². The van der Waals surface area contributed by atoms with Gasteiger partial charge in [-0.1, -0.05) is 35.3 Å². The topological polar surface area (TPSA) is 62.8 Å². The highest BCUT2D eigenvalue weighted by Crippen LogP contribution is 2.30. The molecule has 0 saturated heterocycles. The van der Waals surface area contributed by atoms with Gasteiger partial charge in [0.15, 0.2) is 11.5 Å². The van der Waals surface area contributed by atoms with Crippen molar-refractivity contribution in [3.63, 3.8) is 0 Å². The van der Waals surface area contributed by atoms with Crippen molar-refractivity contribution in [3.8, 4) is 11.5 Å². The van der Waals surface area contributed by atoms with Gasteiger partial charge in [0, 0.05) is 41.8 Å². The molecule has 7 heteroatoms. The van der Waals surface area contributed by atoms with Crippen molar-refractivity contribution < 1.29 is 14.6 Å². The van der Waals surface area contributed by atoms with Crippen molar-refractivity contribution in [2.24, 2.45) is 0 Å². The van der Waals surface area contributed by atoms with E-state index in [4.69, 9.17) is 32.7 Å². The Morgan fingerprint density at radius 2 is 1.81 bits per heavy atom. The second-order valence-corrected chi connectivity index (χ2v) is 7.08. The molecule has 0 spiro atoms. The van der Waals surface area contributed by atoms with E-state index in [1.165, 1.54) is 0 Å². The van der Waals surface area contributed by atoms with E-state index in [-0.39, 0.29) is 6.10 Å². The van der Waals surface area contributed by atoms with E-state index in [9.17, 15) is 5.11 Å². The molecule has 0 bridgehead atoms. The van der Waals surface area contributed by atoms with Crippen molar-refractivity contribution in [3.05, 3.63) is 57.6 Å². The zero-order valence-corrected chi connectivity index (χ0v) is 17.1. The van der Waals surface area contributed by atoms with Crippen molar-refractivity contribution >= 4 is 23.2 Å². The van der Waals surface area contributed by atoms with E-state index in [1.54, 1.807) is 26.2 Å². The Labute approximate surface area is 170 Å². The maximum Gasteiger partial charge on any atom is 0.161 e. The molecule has 2 rings (SSSR count). The Balaban J connectivity index is 1.86. The third-order valence-electron chi connectivity index (χ3n) is 3.87. The monoisotopic (exact) mass is 412 g/mol. The lowest BCUT2D eigenvalue weighted by molar-refractivity contribution is 0.191. The summed E-state index contributed by atoms with van der Waals surface area (Å²) in [7, 11) is 1.62. The van der Waals surface area contributed by atoms with Crippen molar-refractivity contribution in [1.82, 2.24) is 10.6 Å². The number of methoxy groups -OCH3 is 1. The second kappa shape index (κ2) is 11.4. The van der Waals surface area contributed by atoms with Gasteiger partial charge in [-0.05, 0) is 36.8 Å². The summed E-state index contributed by atoms with van der Waals surface area (Å²) in [5.41, 5.74) is 1.96. The molecule has 0 saturated carbocycles. The molecule has 2 aromatic rings. The maximum absolute atomic E-state index is 9.19.